The fourth-order valence-electron chi connectivity index (χ4n) is 16.0. The second-order valence-electron chi connectivity index (χ2n) is 26.7. The average molecular weight is 1120 g/mol. The van der Waals surface area contributed by atoms with Crippen molar-refractivity contribution in [2.45, 2.75) is 57.8 Å². The Morgan fingerprint density at radius 1 is 0.310 bits per heavy atom. The molecule has 12 aromatic carbocycles. The summed E-state index contributed by atoms with van der Waals surface area (Å²) in [6.45, 7) is 13.6. The van der Waals surface area contributed by atoms with Crippen molar-refractivity contribution in [3.8, 4) is 67.5 Å². The first-order valence-corrected chi connectivity index (χ1v) is 30.8. The summed E-state index contributed by atoms with van der Waals surface area (Å²) in [5, 5.41) is 0. The molecular formula is C81H60B2N2O2. The summed E-state index contributed by atoms with van der Waals surface area (Å²) in [6.07, 6.45) is 0. The van der Waals surface area contributed by atoms with E-state index in [9.17, 15) is 0 Å². The molecular weight excluding hydrogens is 1050 g/mol. The minimum atomic E-state index is -0.548. The highest BCUT2D eigenvalue weighted by Gasteiger charge is 2.53. The summed E-state index contributed by atoms with van der Waals surface area (Å²) in [5.74, 6) is 3.48. The maximum absolute atomic E-state index is 7.82. The van der Waals surface area contributed by atoms with Gasteiger partial charge < -0.3 is 19.3 Å². The van der Waals surface area contributed by atoms with Crippen LogP contribution in [0.5, 0.6) is 23.0 Å². The molecule has 0 fully saturated rings. The van der Waals surface area contributed by atoms with Gasteiger partial charge in [-0.25, -0.2) is 0 Å². The van der Waals surface area contributed by atoms with Crippen molar-refractivity contribution in [1.29, 1.82) is 0 Å². The fraction of sp³-hybridized carbons (Fsp3) is 0.111. The maximum atomic E-state index is 7.82. The van der Waals surface area contributed by atoms with Crippen LogP contribution in [0.25, 0.3) is 44.5 Å². The lowest BCUT2D eigenvalue weighted by Gasteiger charge is -2.43. The number of hydrogen-bond donors (Lipinski definition) is 0. The summed E-state index contributed by atoms with van der Waals surface area (Å²) in [5.41, 5.74) is 30.7. The molecule has 0 bridgehead atoms. The molecule has 412 valence electrons. The zero-order valence-electron chi connectivity index (χ0n) is 49.6. The Morgan fingerprint density at radius 3 is 1.39 bits per heavy atom. The van der Waals surface area contributed by atoms with Crippen LogP contribution in [0.4, 0.5) is 34.1 Å². The predicted octanol–water partition coefficient (Wildman–Crippen LogP) is 16.8. The molecule has 0 amide bonds. The molecule has 0 unspecified atom stereocenters. The first-order chi connectivity index (χ1) is 42.4. The monoisotopic (exact) mass is 1110 g/mol. The molecule has 0 N–H and O–H groups in total. The van der Waals surface area contributed by atoms with Crippen LogP contribution in [0.15, 0.2) is 255 Å². The van der Waals surface area contributed by atoms with Gasteiger partial charge in [0.1, 0.15) is 23.0 Å². The Labute approximate surface area is 510 Å². The van der Waals surface area contributed by atoms with Crippen molar-refractivity contribution in [2.75, 3.05) is 9.80 Å². The van der Waals surface area contributed by atoms with Crippen LogP contribution >= 0.6 is 0 Å². The van der Waals surface area contributed by atoms with Crippen LogP contribution in [0, 0.1) is 0 Å². The van der Waals surface area contributed by atoms with E-state index in [1.807, 2.05) is 0 Å². The Morgan fingerprint density at radius 2 is 0.770 bits per heavy atom. The number of fused-ring (bicyclic) bond motifs is 18. The molecule has 0 radical (unpaired) electrons. The highest BCUT2D eigenvalue weighted by atomic mass is 16.5. The van der Waals surface area contributed by atoms with Gasteiger partial charge in [0.25, 0.3) is 13.4 Å². The quantitative estimate of drug-likeness (QED) is 0.164. The summed E-state index contributed by atoms with van der Waals surface area (Å²) in [6, 6.07) is 95.6. The molecule has 1 spiro atoms. The Kier molecular flexibility index (Phi) is 10.4. The highest BCUT2D eigenvalue weighted by Crippen LogP contribution is 2.65. The van der Waals surface area contributed by atoms with E-state index in [1.54, 1.807) is 0 Å². The molecule has 2 aliphatic carbocycles. The minimum absolute atomic E-state index is 0.0600. The van der Waals surface area contributed by atoms with Crippen molar-refractivity contribution < 1.29 is 9.47 Å². The second-order valence-corrected chi connectivity index (χ2v) is 26.7. The molecule has 6 aliphatic rings. The van der Waals surface area contributed by atoms with E-state index < -0.39 is 5.41 Å². The van der Waals surface area contributed by atoms with E-state index in [0.29, 0.717) is 0 Å². The Hall–Kier alpha value is -10.0. The third-order valence-corrected chi connectivity index (χ3v) is 19.8. The first-order valence-electron chi connectivity index (χ1n) is 30.8. The largest absolute Gasteiger partial charge is 0.458 e. The molecule has 0 saturated heterocycles. The van der Waals surface area contributed by atoms with Gasteiger partial charge in [-0.15, -0.1) is 0 Å². The van der Waals surface area contributed by atoms with Gasteiger partial charge in [0.15, 0.2) is 0 Å². The van der Waals surface area contributed by atoms with E-state index in [2.05, 4.69) is 306 Å². The summed E-state index contributed by atoms with van der Waals surface area (Å²) < 4.78 is 15.0. The van der Waals surface area contributed by atoms with E-state index in [4.69, 9.17) is 9.47 Å². The number of rotatable bonds is 4. The van der Waals surface area contributed by atoms with E-state index in [1.165, 1.54) is 83.1 Å². The molecule has 4 aliphatic heterocycles. The smallest absolute Gasteiger partial charge is 0.256 e. The number of nitrogens with zero attached hydrogens (tertiary/aromatic N) is 2. The van der Waals surface area contributed by atoms with Crippen LogP contribution in [0.1, 0.15) is 74.9 Å². The van der Waals surface area contributed by atoms with E-state index in [0.717, 1.165) is 84.6 Å². The van der Waals surface area contributed by atoms with Crippen molar-refractivity contribution in [3.63, 3.8) is 0 Å². The van der Waals surface area contributed by atoms with E-state index >= 15 is 0 Å². The topological polar surface area (TPSA) is 24.9 Å². The van der Waals surface area contributed by atoms with Gasteiger partial charge in [-0.2, -0.15) is 0 Å². The summed E-state index contributed by atoms with van der Waals surface area (Å²) in [7, 11) is 0. The van der Waals surface area contributed by atoms with Crippen molar-refractivity contribution in [1.82, 2.24) is 0 Å². The van der Waals surface area contributed by atoms with Gasteiger partial charge in [0.2, 0.25) is 0 Å². The molecule has 0 aromatic heterocycles. The molecule has 6 heteroatoms. The van der Waals surface area contributed by atoms with Crippen LogP contribution in [-0.2, 0) is 16.2 Å². The van der Waals surface area contributed by atoms with Gasteiger partial charge >= 0.3 is 0 Å². The number of benzene rings is 12. The SMILES string of the molecule is CC(C)(C)c1cc(-c2cc3c4c(c2)N(c2ccccc2)c2cc5c(cc2B4c2ccccc2O3)B2c3ccccc3N(c3ccccc3)c3cc(-c4cccc6c4C4(c7ccccc7-c7ccccc74)c4ccccc4-6)cc(c32)O5)cc(C(C)(C)C)c1. The van der Waals surface area contributed by atoms with Gasteiger partial charge in [-0.05, 0) is 182 Å². The summed E-state index contributed by atoms with van der Waals surface area (Å²) in [4.78, 5) is 4.97. The van der Waals surface area contributed by atoms with Gasteiger partial charge in [0, 0.05) is 40.2 Å². The standard InChI is InChI=1S/C81H60B2N2O2/c1-79(2,3)52-40-49(41-53(46-52)80(4,5)6)50-42-70-78-74(44-50)86-72-39-22-20-37-65(72)83(78)66-47-67-73(48-69(66)85(70)55-26-11-8-12-27-55)87-75-45-51(43-71-77(75)82(67)64-36-19-21-38-68(64)84(71)54-24-9-7-10-25-54)56-31-23-32-60-59-30-15-18-35-63(59)81(76(56)60)61-33-16-13-28-57(61)58-29-14-17-34-62(58)81/h7-48H,1-6H3. The molecule has 4 nitrogen and oxygen atoms in total. The van der Waals surface area contributed by atoms with Crippen LogP contribution < -0.4 is 52.1 Å². The molecule has 18 rings (SSSR count). The second kappa shape index (κ2) is 18.0. The third kappa shape index (κ3) is 7.04. The number of para-hydroxylation sites is 4. The first kappa shape index (κ1) is 50.3. The fourth-order valence-corrected chi connectivity index (χ4v) is 16.0. The normalized spacial score (nSPS) is 14.5. The Bertz CT molecular complexity index is 4840. The lowest BCUT2D eigenvalue weighted by molar-refractivity contribution is 0.487. The lowest BCUT2D eigenvalue weighted by Crippen LogP contribution is -2.63. The molecule has 0 atom stereocenters. The van der Waals surface area contributed by atoms with Crippen LogP contribution in [-0.4, -0.2) is 13.4 Å². The molecule has 0 saturated carbocycles. The van der Waals surface area contributed by atoms with Crippen LogP contribution in [0.3, 0.4) is 0 Å². The number of anilines is 6. The van der Waals surface area contributed by atoms with Crippen LogP contribution in [0.2, 0.25) is 0 Å². The zero-order valence-corrected chi connectivity index (χ0v) is 49.6. The van der Waals surface area contributed by atoms with E-state index in [-0.39, 0.29) is 24.3 Å². The predicted molar refractivity (Wildman–Crippen MR) is 363 cm³/mol. The zero-order chi connectivity index (χ0) is 58.2. The number of ether oxygens (including phenoxy) is 2. The van der Waals surface area contributed by atoms with Gasteiger partial charge in [-0.3, -0.25) is 0 Å². The third-order valence-electron chi connectivity index (χ3n) is 19.8. The van der Waals surface area contributed by atoms with Crippen molar-refractivity contribution >= 4 is 80.3 Å². The molecule has 4 heterocycles. The summed E-state index contributed by atoms with van der Waals surface area (Å²) >= 11 is 0. The van der Waals surface area contributed by atoms with Gasteiger partial charge in [-0.1, -0.05) is 230 Å². The minimum Gasteiger partial charge on any atom is -0.458 e. The lowest BCUT2D eigenvalue weighted by atomic mass is 9.31. The van der Waals surface area contributed by atoms with Gasteiger partial charge in [0.05, 0.1) is 5.41 Å². The Balaban J connectivity index is 0.897. The van der Waals surface area contributed by atoms with Crippen molar-refractivity contribution in [3.05, 3.63) is 288 Å². The maximum Gasteiger partial charge on any atom is 0.256 e. The molecule has 87 heavy (non-hydrogen) atoms. The highest BCUT2D eigenvalue weighted by molar-refractivity contribution is 7.02. The average Bonchev–Trinajstić information content (AvgIpc) is 1.61. The van der Waals surface area contributed by atoms with Crippen molar-refractivity contribution in [2.24, 2.45) is 0 Å². The number of hydrogen-bond acceptors (Lipinski definition) is 4. The molecule has 12 aromatic rings.